The van der Waals surface area contributed by atoms with Crippen LogP contribution in [0.1, 0.15) is 12.5 Å². The van der Waals surface area contributed by atoms with E-state index in [0.29, 0.717) is 16.4 Å². The number of anilines is 2. The van der Waals surface area contributed by atoms with Crippen LogP contribution in [0.5, 0.6) is 0 Å². The molecule has 0 spiro atoms. The molecule has 32 heavy (non-hydrogen) atoms. The predicted molar refractivity (Wildman–Crippen MR) is 129 cm³/mol. The summed E-state index contributed by atoms with van der Waals surface area (Å²) in [6, 6.07) is 19.3. The Morgan fingerprint density at radius 2 is 1.50 bits per heavy atom. The molecule has 2 amide bonds. The third-order valence-corrected chi connectivity index (χ3v) is 5.70. The average molecular weight is 450 g/mol. The van der Waals surface area contributed by atoms with Crippen LogP contribution in [0.15, 0.2) is 60.7 Å². The number of halogens is 1. The van der Waals surface area contributed by atoms with Gasteiger partial charge in [-0.1, -0.05) is 35.9 Å². The van der Waals surface area contributed by atoms with Crippen LogP contribution in [0, 0.1) is 6.92 Å². The minimum Gasteiger partial charge on any atom is -0.362 e. The molecule has 0 aliphatic rings. The number of nitrogens with one attached hydrogen (secondary N) is 2. The zero-order valence-electron chi connectivity index (χ0n) is 17.9. The Hall–Kier alpha value is -3.35. The van der Waals surface area contributed by atoms with Crippen LogP contribution in [-0.2, 0) is 20.9 Å². The van der Waals surface area contributed by atoms with Crippen molar-refractivity contribution in [1.82, 2.24) is 4.57 Å². The van der Waals surface area contributed by atoms with Crippen LogP contribution >= 0.6 is 11.6 Å². The predicted octanol–water partition coefficient (Wildman–Crippen LogP) is 5.37. The lowest BCUT2D eigenvalue weighted by Gasteiger charge is -2.09. The summed E-state index contributed by atoms with van der Waals surface area (Å²) in [7, 11) is 0. The van der Waals surface area contributed by atoms with Gasteiger partial charge in [0.15, 0.2) is 0 Å². The number of fused-ring (bicyclic) bond motifs is 3. The summed E-state index contributed by atoms with van der Waals surface area (Å²) in [5.74, 6) is -0.679. The minimum atomic E-state index is -0.355. The van der Waals surface area contributed by atoms with Crippen LogP contribution in [0.2, 0.25) is 5.02 Å². The van der Waals surface area contributed by atoms with Crippen LogP contribution < -0.4 is 10.6 Å². The molecule has 6 nitrogen and oxygen atoms in total. The highest BCUT2D eigenvalue weighted by Gasteiger charge is 2.11. The molecular formula is C25H24ClN3O3. The second kappa shape index (κ2) is 9.42. The van der Waals surface area contributed by atoms with Gasteiger partial charge in [0.1, 0.15) is 13.2 Å². The van der Waals surface area contributed by atoms with Crippen molar-refractivity contribution in [2.45, 2.75) is 20.4 Å². The van der Waals surface area contributed by atoms with Gasteiger partial charge in [-0.25, -0.2) is 0 Å². The summed E-state index contributed by atoms with van der Waals surface area (Å²) < 4.78 is 7.52. The Balaban J connectivity index is 1.35. The Morgan fingerprint density at radius 3 is 2.19 bits per heavy atom. The fourth-order valence-electron chi connectivity index (χ4n) is 3.77. The SMILES string of the molecule is CCn1c2ccccc2c2cc(NC(=O)COCC(=O)Nc3ccc(C)c(Cl)c3)ccc21. The lowest BCUT2D eigenvalue weighted by atomic mass is 10.1. The molecule has 0 unspecified atom stereocenters. The van der Waals surface area contributed by atoms with E-state index in [1.807, 2.05) is 43.3 Å². The van der Waals surface area contributed by atoms with E-state index in [2.05, 4.69) is 34.3 Å². The highest BCUT2D eigenvalue weighted by Crippen LogP contribution is 2.31. The van der Waals surface area contributed by atoms with Gasteiger partial charge in [-0.05, 0) is 55.8 Å². The lowest BCUT2D eigenvalue weighted by molar-refractivity contribution is -0.125. The van der Waals surface area contributed by atoms with Crippen molar-refractivity contribution in [2.24, 2.45) is 0 Å². The molecule has 1 aromatic heterocycles. The van der Waals surface area contributed by atoms with Crippen LogP contribution in [-0.4, -0.2) is 29.6 Å². The number of carbonyl (C=O) groups excluding carboxylic acids is 2. The van der Waals surface area contributed by atoms with E-state index in [0.717, 1.165) is 33.9 Å². The van der Waals surface area contributed by atoms with Gasteiger partial charge in [-0.2, -0.15) is 0 Å². The molecule has 7 heteroatoms. The fraction of sp³-hybridized carbons (Fsp3) is 0.200. The quantitative estimate of drug-likeness (QED) is 0.398. The topological polar surface area (TPSA) is 72.4 Å². The average Bonchev–Trinajstić information content (AvgIpc) is 3.09. The van der Waals surface area contributed by atoms with E-state index in [-0.39, 0.29) is 25.0 Å². The summed E-state index contributed by atoms with van der Waals surface area (Å²) in [5.41, 5.74) is 4.48. The number of nitrogens with zero attached hydrogens (tertiary/aromatic N) is 1. The van der Waals surface area contributed by atoms with Crippen LogP contribution in [0.25, 0.3) is 21.8 Å². The Bertz CT molecular complexity index is 1310. The van der Waals surface area contributed by atoms with Gasteiger partial charge in [0.05, 0.1) is 0 Å². The maximum Gasteiger partial charge on any atom is 0.250 e. The second-order valence-corrected chi connectivity index (χ2v) is 7.95. The standard InChI is InChI=1S/C25H24ClN3O3/c1-3-29-22-7-5-4-6-19(22)20-12-17(10-11-23(20)29)27-24(30)14-32-15-25(31)28-18-9-8-16(2)21(26)13-18/h4-13H,3,14-15H2,1-2H3,(H,27,30)(H,28,31). The summed E-state index contributed by atoms with van der Waals surface area (Å²) >= 11 is 6.06. The van der Waals surface area contributed by atoms with Crippen molar-refractivity contribution < 1.29 is 14.3 Å². The van der Waals surface area contributed by atoms with Crippen molar-refractivity contribution in [1.29, 1.82) is 0 Å². The number of aryl methyl sites for hydroxylation is 2. The molecule has 4 aromatic rings. The maximum atomic E-state index is 12.3. The number of ether oxygens (including phenoxy) is 1. The van der Waals surface area contributed by atoms with Gasteiger partial charge in [-0.3, -0.25) is 9.59 Å². The first-order valence-corrected chi connectivity index (χ1v) is 10.8. The Kier molecular flexibility index (Phi) is 6.44. The maximum absolute atomic E-state index is 12.3. The van der Waals surface area contributed by atoms with Crippen molar-refractivity contribution >= 4 is 56.6 Å². The third-order valence-electron chi connectivity index (χ3n) is 5.29. The normalized spacial score (nSPS) is 11.1. The highest BCUT2D eigenvalue weighted by atomic mass is 35.5. The number of amides is 2. The Labute approximate surface area is 191 Å². The van der Waals surface area contributed by atoms with Gasteiger partial charge < -0.3 is 19.9 Å². The number of hydrogen-bond acceptors (Lipinski definition) is 3. The number of aromatic nitrogens is 1. The summed E-state index contributed by atoms with van der Waals surface area (Å²) in [6.45, 7) is 4.40. The molecule has 2 N–H and O–H groups in total. The molecule has 0 saturated carbocycles. The molecule has 1 heterocycles. The van der Waals surface area contributed by atoms with Gasteiger partial charge in [0.2, 0.25) is 11.8 Å². The lowest BCUT2D eigenvalue weighted by Crippen LogP contribution is -2.24. The molecule has 4 rings (SSSR count). The molecule has 164 valence electrons. The zero-order chi connectivity index (χ0) is 22.7. The summed E-state index contributed by atoms with van der Waals surface area (Å²) in [6.07, 6.45) is 0. The van der Waals surface area contributed by atoms with Crippen LogP contribution in [0.3, 0.4) is 0 Å². The minimum absolute atomic E-state index is 0.225. The van der Waals surface area contributed by atoms with E-state index in [4.69, 9.17) is 16.3 Å². The monoisotopic (exact) mass is 449 g/mol. The molecule has 0 fully saturated rings. The molecular weight excluding hydrogens is 426 g/mol. The van der Waals surface area contributed by atoms with Crippen molar-refractivity contribution in [3.05, 3.63) is 71.2 Å². The van der Waals surface area contributed by atoms with E-state index in [1.165, 1.54) is 0 Å². The Morgan fingerprint density at radius 1 is 0.875 bits per heavy atom. The number of para-hydroxylation sites is 1. The molecule has 3 aromatic carbocycles. The van der Waals surface area contributed by atoms with E-state index < -0.39 is 0 Å². The first-order chi connectivity index (χ1) is 15.5. The molecule has 0 radical (unpaired) electrons. The molecule has 0 atom stereocenters. The van der Waals surface area contributed by atoms with Gasteiger partial charge in [0.25, 0.3) is 0 Å². The molecule has 0 bridgehead atoms. The summed E-state index contributed by atoms with van der Waals surface area (Å²) in [4.78, 5) is 24.3. The highest BCUT2D eigenvalue weighted by molar-refractivity contribution is 6.31. The molecule has 0 saturated heterocycles. The zero-order valence-corrected chi connectivity index (χ0v) is 18.7. The number of benzene rings is 3. The van der Waals surface area contributed by atoms with Crippen LogP contribution in [0.4, 0.5) is 11.4 Å². The number of hydrogen-bond donors (Lipinski definition) is 2. The van der Waals surface area contributed by atoms with E-state index in [9.17, 15) is 9.59 Å². The largest absolute Gasteiger partial charge is 0.362 e. The van der Waals surface area contributed by atoms with E-state index >= 15 is 0 Å². The van der Waals surface area contributed by atoms with Gasteiger partial charge >= 0.3 is 0 Å². The van der Waals surface area contributed by atoms with Crippen molar-refractivity contribution in [2.75, 3.05) is 23.8 Å². The molecule has 0 aliphatic carbocycles. The smallest absolute Gasteiger partial charge is 0.250 e. The van der Waals surface area contributed by atoms with Gasteiger partial charge in [0, 0.05) is 44.7 Å². The second-order valence-electron chi connectivity index (χ2n) is 7.55. The van der Waals surface area contributed by atoms with Crippen molar-refractivity contribution in [3.8, 4) is 0 Å². The van der Waals surface area contributed by atoms with Gasteiger partial charge in [-0.15, -0.1) is 0 Å². The third kappa shape index (κ3) is 4.61. The fourth-order valence-corrected chi connectivity index (χ4v) is 3.95. The van der Waals surface area contributed by atoms with Crippen molar-refractivity contribution in [3.63, 3.8) is 0 Å². The number of carbonyl (C=O) groups is 2. The first-order valence-electron chi connectivity index (χ1n) is 10.4. The summed E-state index contributed by atoms with van der Waals surface area (Å²) in [5, 5.41) is 8.33. The molecule has 0 aliphatic heterocycles. The first kappa shape index (κ1) is 21.9. The van der Waals surface area contributed by atoms with E-state index in [1.54, 1.807) is 12.1 Å². The number of rotatable bonds is 7.